The smallest absolute Gasteiger partial charge is 0.165 e. The molecule has 14 heavy (non-hydrogen) atoms. The van der Waals surface area contributed by atoms with Gasteiger partial charge in [0, 0.05) is 6.07 Å². The molecule has 1 rings (SSSR count). The van der Waals surface area contributed by atoms with Crippen LogP contribution in [0.2, 0.25) is 0 Å². The van der Waals surface area contributed by atoms with Crippen LogP contribution in [0.3, 0.4) is 0 Å². The van der Waals surface area contributed by atoms with Crippen molar-refractivity contribution < 1.29 is 19.4 Å². The second-order valence-electron chi connectivity index (χ2n) is 2.54. The Balaban J connectivity index is 3.11. The first-order chi connectivity index (χ1) is 6.57. The van der Waals surface area contributed by atoms with Gasteiger partial charge in [0.1, 0.15) is 5.82 Å². The van der Waals surface area contributed by atoms with Crippen molar-refractivity contribution in [2.24, 2.45) is 0 Å². The first kappa shape index (κ1) is 11.2. The Morgan fingerprint density at radius 3 is 2.79 bits per heavy atom. The van der Waals surface area contributed by atoms with Crippen molar-refractivity contribution in [1.29, 1.82) is 0 Å². The number of rotatable bonds is 3. The normalized spacial score (nSPS) is 10.5. The maximum absolute atomic E-state index is 13.4. The van der Waals surface area contributed by atoms with E-state index in [1.807, 2.05) is 0 Å². The summed E-state index contributed by atoms with van der Waals surface area (Å²) in [5, 5.41) is 18.5. The summed E-state index contributed by atoms with van der Waals surface area (Å²) < 4.78 is 13.4. The Morgan fingerprint density at radius 1 is 1.57 bits per heavy atom. The zero-order valence-corrected chi connectivity index (χ0v) is 8.93. The fourth-order valence-corrected chi connectivity index (χ4v) is 1.42. The van der Waals surface area contributed by atoms with Crippen molar-refractivity contribution >= 4 is 15.9 Å². The summed E-state index contributed by atoms with van der Waals surface area (Å²) in [6.07, 6.45) is 0. The molecule has 0 saturated carbocycles. The van der Waals surface area contributed by atoms with Crippen LogP contribution in [0.15, 0.2) is 10.5 Å². The summed E-state index contributed by atoms with van der Waals surface area (Å²) in [6, 6.07) is 1.08. The molecule has 3 N–H and O–H groups in total. The third-order valence-electron chi connectivity index (χ3n) is 1.66. The molecule has 0 unspecified atom stereocenters. The second kappa shape index (κ2) is 4.59. The van der Waals surface area contributed by atoms with Crippen molar-refractivity contribution in [2.45, 2.75) is 6.54 Å². The monoisotopic (exact) mass is 265 g/mol. The van der Waals surface area contributed by atoms with Crippen LogP contribution in [0.5, 0.6) is 11.5 Å². The molecule has 0 amide bonds. The molecule has 0 atom stereocenters. The van der Waals surface area contributed by atoms with Gasteiger partial charge in [-0.05, 0) is 15.9 Å². The molecule has 0 saturated heterocycles. The Bertz CT molecular complexity index is 320. The molecule has 1 aromatic carbocycles. The van der Waals surface area contributed by atoms with Crippen molar-refractivity contribution in [3.8, 4) is 11.5 Å². The summed E-state index contributed by atoms with van der Waals surface area (Å²) in [6.45, 7) is -0.0405. The molecular weight excluding hydrogens is 257 g/mol. The van der Waals surface area contributed by atoms with Gasteiger partial charge in [-0.25, -0.2) is 4.39 Å². The molecule has 0 spiro atoms. The average Bonchev–Trinajstić information content (AvgIpc) is 2.15. The SMILES string of the molecule is CONCc1c(O)c(O)cc(Br)c1F. The van der Waals surface area contributed by atoms with Gasteiger partial charge in [0.25, 0.3) is 0 Å². The molecule has 0 bridgehead atoms. The molecule has 0 heterocycles. The second-order valence-corrected chi connectivity index (χ2v) is 3.40. The van der Waals surface area contributed by atoms with Crippen LogP contribution in [0, 0.1) is 5.82 Å². The van der Waals surface area contributed by atoms with E-state index in [1.54, 1.807) is 0 Å². The van der Waals surface area contributed by atoms with Gasteiger partial charge in [0.05, 0.1) is 23.7 Å². The minimum atomic E-state index is -0.634. The van der Waals surface area contributed by atoms with E-state index < -0.39 is 11.6 Å². The first-order valence-electron chi connectivity index (χ1n) is 3.72. The number of benzene rings is 1. The first-order valence-corrected chi connectivity index (χ1v) is 4.52. The van der Waals surface area contributed by atoms with Gasteiger partial charge >= 0.3 is 0 Å². The van der Waals surface area contributed by atoms with E-state index in [4.69, 9.17) is 0 Å². The molecule has 0 aromatic heterocycles. The van der Waals surface area contributed by atoms with Gasteiger partial charge < -0.3 is 15.1 Å². The molecule has 4 nitrogen and oxygen atoms in total. The third kappa shape index (κ3) is 2.14. The molecule has 0 aliphatic heterocycles. The highest BCUT2D eigenvalue weighted by molar-refractivity contribution is 9.10. The fraction of sp³-hybridized carbons (Fsp3) is 0.250. The highest BCUT2D eigenvalue weighted by Gasteiger charge is 2.15. The predicted molar refractivity (Wildman–Crippen MR) is 51.3 cm³/mol. The number of phenols is 2. The van der Waals surface area contributed by atoms with Crippen LogP contribution < -0.4 is 5.48 Å². The number of aromatic hydroxyl groups is 2. The number of hydrogen-bond acceptors (Lipinski definition) is 4. The van der Waals surface area contributed by atoms with Gasteiger partial charge in [-0.15, -0.1) is 0 Å². The summed E-state index contributed by atoms with van der Waals surface area (Å²) in [4.78, 5) is 4.51. The number of halogens is 2. The van der Waals surface area contributed by atoms with Crippen LogP contribution in [0.1, 0.15) is 5.56 Å². The number of hydrogen-bond donors (Lipinski definition) is 3. The highest BCUT2D eigenvalue weighted by Crippen LogP contribution is 2.35. The summed E-state index contributed by atoms with van der Waals surface area (Å²) in [7, 11) is 1.37. The van der Waals surface area contributed by atoms with Gasteiger partial charge in [0.15, 0.2) is 11.5 Å². The topological polar surface area (TPSA) is 61.7 Å². The van der Waals surface area contributed by atoms with Crippen LogP contribution in [-0.4, -0.2) is 17.3 Å². The quantitative estimate of drug-likeness (QED) is 0.575. The van der Waals surface area contributed by atoms with E-state index in [2.05, 4.69) is 26.2 Å². The minimum Gasteiger partial charge on any atom is -0.504 e. The lowest BCUT2D eigenvalue weighted by Gasteiger charge is -2.09. The molecule has 0 aliphatic rings. The van der Waals surface area contributed by atoms with Gasteiger partial charge in [0.2, 0.25) is 0 Å². The van der Waals surface area contributed by atoms with E-state index in [9.17, 15) is 14.6 Å². The lowest BCUT2D eigenvalue weighted by atomic mass is 10.2. The number of hydroxylamine groups is 1. The van der Waals surface area contributed by atoms with Crippen LogP contribution in [0.4, 0.5) is 4.39 Å². The summed E-state index contributed by atoms with van der Waals surface area (Å²) in [5.74, 6) is -1.51. The predicted octanol–water partition coefficient (Wildman–Crippen LogP) is 1.65. The Hall–Kier alpha value is -0.850. The van der Waals surface area contributed by atoms with Crippen molar-refractivity contribution in [3.63, 3.8) is 0 Å². The number of phenolic OH excluding ortho intramolecular Hbond substituents is 2. The standard InChI is InChI=1S/C8H9BrFNO3/c1-14-11-3-4-7(10)5(9)2-6(12)8(4)13/h2,11-13H,3H2,1H3. The van der Waals surface area contributed by atoms with Gasteiger partial charge in [-0.2, -0.15) is 5.48 Å². The van der Waals surface area contributed by atoms with Gasteiger partial charge in [-0.1, -0.05) is 0 Å². The molecule has 6 heteroatoms. The van der Waals surface area contributed by atoms with Crippen LogP contribution in [0.25, 0.3) is 0 Å². The molecule has 0 fully saturated rings. The zero-order chi connectivity index (χ0) is 10.7. The van der Waals surface area contributed by atoms with Gasteiger partial charge in [-0.3, -0.25) is 0 Å². The molecule has 0 radical (unpaired) electrons. The molecule has 78 valence electrons. The van der Waals surface area contributed by atoms with Crippen LogP contribution >= 0.6 is 15.9 Å². The van der Waals surface area contributed by atoms with E-state index >= 15 is 0 Å². The fourth-order valence-electron chi connectivity index (χ4n) is 0.960. The van der Waals surface area contributed by atoms with E-state index in [-0.39, 0.29) is 22.3 Å². The Labute approximate surface area is 88.4 Å². The van der Waals surface area contributed by atoms with Crippen molar-refractivity contribution in [3.05, 3.63) is 21.9 Å². The lowest BCUT2D eigenvalue weighted by Crippen LogP contribution is -2.12. The molecule has 1 aromatic rings. The van der Waals surface area contributed by atoms with E-state index in [0.717, 1.165) is 6.07 Å². The maximum atomic E-state index is 13.4. The minimum absolute atomic E-state index is 0.0405. The van der Waals surface area contributed by atoms with E-state index in [0.29, 0.717) is 0 Å². The van der Waals surface area contributed by atoms with Crippen LogP contribution in [-0.2, 0) is 11.4 Å². The lowest BCUT2D eigenvalue weighted by molar-refractivity contribution is 0.0852. The van der Waals surface area contributed by atoms with Crippen molar-refractivity contribution in [1.82, 2.24) is 5.48 Å². The largest absolute Gasteiger partial charge is 0.504 e. The zero-order valence-electron chi connectivity index (χ0n) is 7.34. The Morgan fingerprint density at radius 2 is 2.21 bits per heavy atom. The third-order valence-corrected chi connectivity index (χ3v) is 2.24. The van der Waals surface area contributed by atoms with Crippen molar-refractivity contribution in [2.75, 3.05) is 7.11 Å². The Kier molecular flexibility index (Phi) is 3.68. The summed E-state index contributed by atoms with van der Waals surface area (Å²) in [5.41, 5.74) is 2.31. The average molecular weight is 266 g/mol. The van der Waals surface area contributed by atoms with E-state index in [1.165, 1.54) is 7.11 Å². The molecular formula is C8H9BrFNO3. The summed E-state index contributed by atoms with van der Waals surface area (Å²) >= 11 is 2.91. The maximum Gasteiger partial charge on any atom is 0.165 e. The molecule has 0 aliphatic carbocycles. The number of nitrogens with one attached hydrogen (secondary N) is 1. The highest BCUT2D eigenvalue weighted by atomic mass is 79.9.